The Bertz CT molecular complexity index is 476. The minimum absolute atomic E-state index is 0.754. The molecule has 0 atom stereocenters. The van der Waals surface area contributed by atoms with E-state index in [4.69, 9.17) is 5.11 Å². The summed E-state index contributed by atoms with van der Waals surface area (Å²) in [7, 11) is 0. The van der Waals surface area contributed by atoms with Crippen molar-refractivity contribution in [1.29, 1.82) is 0 Å². The van der Waals surface area contributed by atoms with Gasteiger partial charge in [-0.3, -0.25) is 0 Å². The largest absolute Gasteiger partial charge is 0.516 e. The molecule has 120 valence electrons. The van der Waals surface area contributed by atoms with E-state index in [1.807, 2.05) is 12.1 Å². The Morgan fingerprint density at radius 1 is 1.00 bits per heavy atom. The van der Waals surface area contributed by atoms with Crippen molar-refractivity contribution >= 4 is 0 Å². The van der Waals surface area contributed by atoms with Crippen LogP contribution in [0.3, 0.4) is 0 Å². The molecule has 0 amide bonds. The number of hydrogen-bond acceptors (Lipinski definition) is 1. The van der Waals surface area contributed by atoms with Gasteiger partial charge in [0.2, 0.25) is 0 Å². The molecule has 0 aromatic heterocycles. The van der Waals surface area contributed by atoms with Crippen LogP contribution in [0.4, 0.5) is 0 Å². The van der Waals surface area contributed by atoms with Gasteiger partial charge in [0.25, 0.3) is 0 Å². The molecule has 0 fully saturated rings. The molecule has 1 nitrogen and oxygen atoms in total. The summed E-state index contributed by atoms with van der Waals surface area (Å²) in [6.07, 6.45) is 15.4. The number of hydrogen-bond donors (Lipinski definition) is 1. The van der Waals surface area contributed by atoms with Crippen LogP contribution in [0.25, 0.3) is 0 Å². The van der Waals surface area contributed by atoms with Crippen molar-refractivity contribution in [2.45, 2.75) is 71.1 Å². The van der Waals surface area contributed by atoms with Crippen LogP contribution in [-0.4, -0.2) is 5.11 Å². The summed E-state index contributed by atoms with van der Waals surface area (Å²) in [4.78, 5) is 0. The Morgan fingerprint density at radius 2 is 1.73 bits per heavy atom. The first-order valence-electron chi connectivity index (χ1n) is 8.74. The van der Waals surface area contributed by atoms with Crippen LogP contribution >= 0.6 is 0 Å². The van der Waals surface area contributed by atoms with Gasteiger partial charge in [0.15, 0.2) is 0 Å². The molecule has 0 saturated heterocycles. The van der Waals surface area contributed by atoms with Gasteiger partial charge in [-0.05, 0) is 36.6 Å². The Morgan fingerprint density at radius 3 is 2.45 bits per heavy atom. The van der Waals surface area contributed by atoms with E-state index >= 15 is 0 Å². The van der Waals surface area contributed by atoms with E-state index in [0.717, 1.165) is 24.7 Å². The van der Waals surface area contributed by atoms with E-state index < -0.39 is 0 Å². The smallest absolute Gasteiger partial charge is 0.0755 e. The van der Waals surface area contributed by atoms with Crippen LogP contribution in [0.2, 0.25) is 0 Å². The average molecular weight is 298 g/mol. The average Bonchev–Trinajstić information content (AvgIpc) is 2.55. The molecule has 0 aliphatic heterocycles. The van der Waals surface area contributed by atoms with Crippen LogP contribution in [-0.2, 0) is 6.42 Å². The summed E-state index contributed by atoms with van der Waals surface area (Å²) in [6, 6.07) is 8.23. The molecule has 1 heteroatoms. The Balaban J connectivity index is 2.16. The first-order valence-corrected chi connectivity index (χ1v) is 8.74. The molecule has 1 aromatic rings. The second-order valence-electron chi connectivity index (χ2n) is 5.82. The molecule has 0 aliphatic rings. The van der Waals surface area contributed by atoms with Gasteiger partial charge in [-0.2, -0.15) is 0 Å². The summed E-state index contributed by atoms with van der Waals surface area (Å²) in [5.41, 5.74) is 2.26. The molecule has 0 spiro atoms. The van der Waals surface area contributed by atoms with Gasteiger partial charge < -0.3 is 5.11 Å². The molecule has 0 unspecified atom stereocenters. The first-order chi connectivity index (χ1) is 10.9. The summed E-state index contributed by atoms with van der Waals surface area (Å²) in [6.45, 7) is 2.26. The van der Waals surface area contributed by atoms with Crippen molar-refractivity contribution in [1.82, 2.24) is 0 Å². The second-order valence-corrected chi connectivity index (χ2v) is 5.82. The maximum atomic E-state index is 8.69. The van der Waals surface area contributed by atoms with E-state index in [2.05, 4.69) is 30.9 Å². The van der Waals surface area contributed by atoms with E-state index in [1.165, 1.54) is 56.9 Å². The number of unbranched alkanes of at least 4 members (excludes halogenated alkanes) is 8. The normalized spacial score (nSPS) is 10.6. The lowest BCUT2D eigenvalue weighted by molar-refractivity contribution is 0.471. The van der Waals surface area contributed by atoms with Gasteiger partial charge in [0, 0.05) is 12.0 Å². The SMILES string of the molecule is CCCCCCCCCCC#Cc1cccc(CC=CO)c1. The van der Waals surface area contributed by atoms with E-state index in [-0.39, 0.29) is 0 Å². The highest BCUT2D eigenvalue weighted by atomic mass is 16.2. The predicted molar refractivity (Wildman–Crippen MR) is 96.0 cm³/mol. The molecule has 0 bridgehead atoms. The van der Waals surface area contributed by atoms with E-state index in [0.29, 0.717) is 0 Å². The van der Waals surface area contributed by atoms with Crippen LogP contribution in [0.1, 0.15) is 75.8 Å². The third kappa shape index (κ3) is 9.29. The topological polar surface area (TPSA) is 20.2 Å². The molecule has 1 aromatic carbocycles. The van der Waals surface area contributed by atoms with Crippen molar-refractivity contribution in [3.63, 3.8) is 0 Å². The first kappa shape index (κ1) is 18.4. The zero-order valence-electron chi connectivity index (χ0n) is 14.0. The molecule has 1 N–H and O–H groups in total. The fourth-order valence-electron chi connectivity index (χ4n) is 2.48. The molecular weight excluding hydrogens is 268 g/mol. The highest BCUT2D eigenvalue weighted by Crippen LogP contribution is 2.09. The maximum Gasteiger partial charge on any atom is 0.0755 e. The zero-order chi connectivity index (χ0) is 15.9. The quantitative estimate of drug-likeness (QED) is 0.310. The number of benzene rings is 1. The molecule has 0 heterocycles. The minimum Gasteiger partial charge on any atom is -0.516 e. The fourth-order valence-corrected chi connectivity index (χ4v) is 2.48. The van der Waals surface area contributed by atoms with Crippen molar-refractivity contribution < 1.29 is 5.11 Å². The fraction of sp³-hybridized carbons (Fsp3) is 0.524. The monoisotopic (exact) mass is 298 g/mol. The van der Waals surface area contributed by atoms with Crippen LogP contribution in [0, 0.1) is 11.8 Å². The number of aliphatic hydroxyl groups is 1. The Labute approximate surface area is 136 Å². The summed E-state index contributed by atoms with van der Waals surface area (Å²) in [5, 5.41) is 8.69. The van der Waals surface area contributed by atoms with Crippen LogP contribution in [0.5, 0.6) is 0 Å². The lowest BCUT2D eigenvalue weighted by Crippen LogP contribution is -1.83. The Hall–Kier alpha value is -1.68. The molecule has 1 rings (SSSR count). The standard InChI is InChI=1S/C21H30O/c1-2-3-4-5-6-7-8-9-10-11-14-20-15-12-16-21(19-20)17-13-18-22/h12-13,15-16,18-19,22H,2-10,17H2,1H3. The molecule has 22 heavy (non-hydrogen) atoms. The lowest BCUT2D eigenvalue weighted by Gasteiger charge is -1.99. The Kier molecular flexibility index (Phi) is 10.9. The third-order valence-corrected chi connectivity index (χ3v) is 3.77. The molecule has 0 saturated carbocycles. The second kappa shape index (κ2) is 13.0. The van der Waals surface area contributed by atoms with Crippen LogP contribution < -0.4 is 0 Å². The van der Waals surface area contributed by atoms with E-state index in [1.54, 1.807) is 6.08 Å². The van der Waals surface area contributed by atoms with Gasteiger partial charge in [0.05, 0.1) is 6.26 Å². The zero-order valence-corrected chi connectivity index (χ0v) is 14.0. The minimum atomic E-state index is 0.754. The molecule has 0 aliphatic carbocycles. The van der Waals surface area contributed by atoms with Gasteiger partial charge in [-0.1, -0.05) is 75.8 Å². The van der Waals surface area contributed by atoms with Gasteiger partial charge >= 0.3 is 0 Å². The molecule has 0 radical (unpaired) electrons. The predicted octanol–water partition coefficient (Wildman–Crippen LogP) is 6.18. The van der Waals surface area contributed by atoms with Crippen LogP contribution in [0.15, 0.2) is 36.6 Å². The van der Waals surface area contributed by atoms with Crippen molar-refractivity contribution in [2.24, 2.45) is 0 Å². The van der Waals surface area contributed by atoms with Crippen molar-refractivity contribution in [3.05, 3.63) is 47.7 Å². The third-order valence-electron chi connectivity index (χ3n) is 3.77. The summed E-state index contributed by atoms with van der Waals surface area (Å²) in [5.74, 6) is 6.52. The van der Waals surface area contributed by atoms with Gasteiger partial charge in [-0.25, -0.2) is 0 Å². The van der Waals surface area contributed by atoms with Crippen molar-refractivity contribution in [3.8, 4) is 11.8 Å². The summed E-state index contributed by atoms with van der Waals surface area (Å²) >= 11 is 0. The number of allylic oxidation sites excluding steroid dienone is 1. The summed E-state index contributed by atoms with van der Waals surface area (Å²) < 4.78 is 0. The maximum absolute atomic E-state index is 8.69. The van der Waals surface area contributed by atoms with Crippen molar-refractivity contribution in [2.75, 3.05) is 0 Å². The van der Waals surface area contributed by atoms with Gasteiger partial charge in [-0.15, -0.1) is 0 Å². The van der Waals surface area contributed by atoms with Gasteiger partial charge in [0.1, 0.15) is 0 Å². The number of rotatable bonds is 10. The lowest BCUT2D eigenvalue weighted by atomic mass is 10.1. The highest BCUT2D eigenvalue weighted by molar-refractivity contribution is 5.37. The molecular formula is C21H30O. The number of aliphatic hydroxyl groups excluding tert-OH is 1. The highest BCUT2D eigenvalue weighted by Gasteiger charge is 1.92. The van der Waals surface area contributed by atoms with E-state index in [9.17, 15) is 0 Å².